The third-order valence-corrected chi connectivity index (χ3v) is 5.22. The molecule has 3 N–H and O–H groups in total. The number of hydrogen-bond acceptors (Lipinski definition) is 4. The Morgan fingerprint density at radius 1 is 1.21 bits per heavy atom. The number of carbonyl (C=O) groups excluding carboxylic acids is 1. The number of amides is 1. The highest BCUT2D eigenvalue weighted by molar-refractivity contribution is 6.31. The number of halogens is 1. The number of rotatable bonds is 4. The van der Waals surface area contributed by atoms with E-state index < -0.39 is 5.97 Å². The number of benzene rings is 1. The normalized spacial score (nSPS) is 25.0. The van der Waals surface area contributed by atoms with Gasteiger partial charge in [-0.1, -0.05) is 29.8 Å². The largest absolute Gasteiger partial charge is 0.481 e. The minimum atomic E-state index is -0.760. The quantitative estimate of drug-likeness (QED) is 0.772. The van der Waals surface area contributed by atoms with Crippen molar-refractivity contribution in [2.45, 2.75) is 37.8 Å². The summed E-state index contributed by atoms with van der Waals surface area (Å²) in [6.07, 6.45) is 2.36. The fraction of sp³-hybridized carbons (Fsp3) is 0.529. The van der Waals surface area contributed by atoms with Crippen LogP contribution in [0, 0.1) is 5.92 Å². The number of hydrazine groups is 1. The molecule has 24 heavy (non-hydrogen) atoms. The van der Waals surface area contributed by atoms with Gasteiger partial charge in [-0.05, 0) is 36.8 Å². The van der Waals surface area contributed by atoms with E-state index in [1.54, 1.807) is 0 Å². The third-order valence-electron chi connectivity index (χ3n) is 4.87. The number of likely N-dealkylation sites (tertiary alicyclic amines) is 1. The Hall–Kier alpha value is -1.63. The van der Waals surface area contributed by atoms with Crippen molar-refractivity contribution in [3.63, 3.8) is 0 Å². The minimum Gasteiger partial charge on any atom is -0.481 e. The molecule has 2 heterocycles. The molecule has 2 aliphatic heterocycles. The van der Waals surface area contributed by atoms with E-state index in [0.29, 0.717) is 24.5 Å². The van der Waals surface area contributed by atoms with Gasteiger partial charge < -0.3 is 10.0 Å². The molecule has 0 saturated carbocycles. The summed E-state index contributed by atoms with van der Waals surface area (Å²) in [5, 5.41) is 9.56. The van der Waals surface area contributed by atoms with Gasteiger partial charge in [0.25, 0.3) is 0 Å². The zero-order chi connectivity index (χ0) is 17.1. The predicted molar refractivity (Wildman–Crippen MR) is 90.4 cm³/mol. The maximum Gasteiger partial charge on any atom is 0.303 e. The molecule has 0 radical (unpaired) electrons. The third kappa shape index (κ3) is 3.88. The summed E-state index contributed by atoms with van der Waals surface area (Å²) in [5.74, 6) is -0.507. The first-order valence-corrected chi connectivity index (χ1v) is 8.68. The van der Waals surface area contributed by atoms with Crippen LogP contribution in [0.1, 0.15) is 37.3 Å². The number of carboxylic acid groups (broad SMARTS) is 1. The molecule has 1 amide bonds. The Labute approximate surface area is 146 Å². The summed E-state index contributed by atoms with van der Waals surface area (Å²) in [5.41, 5.74) is 7.23. The molecule has 2 fully saturated rings. The molecule has 1 aromatic rings. The van der Waals surface area contributed by atoms with Gasteiger partial charge in [0.2, 0.25) is 5.91 Å². The summed E-state index contributed by atoms with van der Waals surface area (Å²) in [6, 6.07) is 7.37. The topological polar surface area (TPSA) is 81.7 Å². The highest BCUT2D eigenvalue weighted by Gasteiger charge is 2.35. The Balaban J connectivity index is 1.54. The van der Waals surface area contributed by atoms with Crippen molar-refractivity contribution in [3.05, 3.63) is 34.9 Å². The zero-order valence-corrected chi connectivity index (χ0v) is 14.1. The Bertz CT molecular complexity index is 617. The molecule has 2 aliphatic rings. The number of hydrogen-bond donors (Lipinski definition) is 3. The second kappa shape index (κ2) is 7.51. The number of piperidine rings is 1. The maximum atomic E-state index is 12.7. The van der Waals surface area contributed by atoms with Crippen LogP contribution >= 0.6 is 11.6 Å². The van der Waals surface area contributed by atoms with E-state index in [2.05, 4.69) is 10.9 Å². The average Bonchev–Trinajstić information content (AvgIpc) is 3.04. The summed E-state index contributed by atoms with van der Waals surface area (Å²) < 4.78 is 0. The van der Waals surface area contributed by atoms with Crippen LogP contribution in [0.3, 0.4) is 0 Å². The summed E-state index contributed by atoms with van der Waals surface area (Å²) >= 11 is 6.23. The van der Waals surface area contributed by atoms with Crippen LogP contribution in [0.15, 0.2) is 24.3 Å². The molecule has 0 aromatic heterocycles. The lowest BCUT2D eigenvalue weighted by Gasteiger charge is -2.32. The van der Waals surface area contributed by atoms with Gasteiger partial charge in [-0.3, -0.25) is 9.59 Å². The van der Waals surface area contributed by atoms with Gasteiger partial charge in [-0.15, -0.1) is 0 Å². The molecule has 0 bridgehead atoms. The van der Waals surface area contributed by atoms with Gasteiger partial charge in [-0.2, -0.15) is 0 Å². The van der Waals surface area contributed by atoms with Crippen LogP contribution in [0.25, 0.3) is 0 Å². The molecular formula is C17H22ClN3O3. The van der Waals surface area contributed by atoms with Crippen molar-refractivity contribution in [2.24, 2.45) is 5.92 Å². The van der Waals surface area contributed by atoms with Gasteiger partial charge in [-0.25, -0.2) is 10.9 Å². The summed E-state index contributed by atoms with van der Waals surface area (Å²) in [6.45, 7) is 1.26. The van der Waals surface area contributed by atoms with E-state index in [0.717, 1.165) is 18.4 Å². The molecule has 0 spiro atoms. The van der Waals surface area contributed by atoms with Gasteiger partial charge >= 0.3 is 5.97 Å². The second-order valence-electron chi connectivity index (χ2n) is 6.52. The fourth-order valence-corrected chi connectivity index (χ4v) is 3.77. The predicted octanol–water partition coefficient (Wildman–Crippen LogP) is 1.96. The number of nitrogens with zero attached hydrogens (tertiary/aromatic N) is 1. The molecule has 7 heteroatoms. The van der Waals surface area contributed by atoms with E-state index in [9.17, 15) is 9.59 Å². The monoisotopic (exact) mass is 351 g/mol. The summed E-state index contributed by atoms with van der Waals surface area (Å²) in [4.78, 5) is 25.3. The maximum absolute atomic E-state index is 12.7. The van der Waals surface area contributed by atoms with Crippen LogP contribution in [0.5, 0.6) is 0 Å². The van der Waals surface area contributed by atoms with Gasteiger partial charge in [0.15, 0.2) is 0 Å². The SMILES string of the molecule is O=C(O)CC1CCN(C(=O)C2CC(c3ccccc3Cl)NN2)CC1. The standard InChI is InChI=1S/C17H22ClN3O3/c18-13-4-2-1-3-12(13)14-10-15(20-19-14)17(24)21-7-5-11(6-8-21)9-16(22)23/h1-4,11,14-15,19-20H,5-10H2,(H,22,23). The second-order valence-corrected chi connectivity index (χ2v) is 6.92. The molecule has 2 unspecified atom stereocenters. The van der Waals surface area contributed by atoms with Crippen molar-refractivity contribution in [2.75, 3.05) is 13.1 Å². The molecule has 130 valence electrons. The van der Waals surface area contributed by atoms with Crippen LogP contribution < -0.4 is 10.9 Å². The lowest BCUT2D eigenvalue weighted by atomic mass is 9.93. The lowest BCUT2D eigenvalue weighted by Crippen LogP contribution is -2.48. The van der Waals surface area contributed by atoms with Crippen LogP contribution in [0.4, 0.5) is 0 Å². The van der Waals surface area contributed by atoms with Crippen LogP contribution in [0.2, 0.25) is 5.02 Å². The highest BCUT2D eigenvalue weighted by atomic mass is 35.5. The van der Waals surface area contributed by atoms with Crippen molar-refractivity contribution < 1.29 is 14.7 Å². The summed E-state index contributed by atoms with van der Waals surface area (Å²) in [7, 11) is 0. The molecule has 2 saturated heterocycles. The van der Waals surface area contributed by atoms with E-state index >= 15 is 0 Å². The number of carboxylic acids is 1. The zero-order valence-electron chi connectivity index (χ0n) is 13.4. The molecule has 6 nitrogen and oxygen atoms in total. The highest BCUT2D eigenvalue weighted by Crippen LogP contribution is 2.29. The molecule has 0 aliphatic carbocycles. The first-order valence-electron chi connectivity index (χ1n) is 8.30. The van der Waals surface area contributed by atoms with Crippen molar-refractivity contribution in [1.82, 2.24) is 15.8 Å². The molecule has 3 rings (SSSR count). The fourth-order valence-electron chi connectivity index (χ4n) is 3.50. The Morgan fingerprint density at radius 3 is 2.58 bits per heavy atom. The Morgan fingerprint density at radius 2 is 1.92 bits per heavy atom. The van der Waals surface area contributed by atoms with Crippen LogP contribution in [-0.2, 0) is 9.59 Å². The van der Waals surface area contributed by atoms with Crippen molar-refractivity contribution >= 4 is 23.5 Å². The number of nitrogens with one attached hydrogen (secondary N) is 2. The van der Waals surface area contributed by atoms with Crippen molar-refractivity contribution in [3.8, 4) is 0 Å². The number of aliphatic carboxylic acids is 1. The minimum absolute atomic E-state index is 0.0113. The van der Waals surface area contributed by atoms with E-state index in [1.165, 1.54) is 0 Å². The molecular weight excluding hydrogens is 330 g/mol. The average molecular weight is 352 g/mol. The first kappa shape index (κ1) is 17.2. The van der Waals surface area contributed by atoms with Gasteiger partial charge in [0, 0.05) is 30.6 Å². The van der Waals surface area contributed by atoms with Crippen molar-refractivity contribution in [1.29, 1.82) is 0 Å². The van der Waals surface area contributed by atoms with Gasteiger partial charge in [0.1, 0.15) is 6.04 Å². The first-order chi connectivity index (χ1) is 11.5. The smallest absolute Gasteiger partial charge is 0.303 e. The van der Waals surface area contributed by atoms with E-state index in [-0.39, 0.29) is 30.3 Å². The number of carbonyl (C=O) groups is 2. The van der Waals surface area contributed by atoms with E-state index in [1.807, 2.05) is 29.2 Å². The molecule has 2 atom stereocenters. The Kier molecular flexibility index (Phi) is 5.38. The van der Waals surface area contributed by atoms with E-state index in [4.69, 9.17) is 16.7 Å². The van der Waals surface area contributed by atoms with Gasteiger partial charge in [0.05, 0.1) is 0 Å². The molecule has 1 aromatic carbocycles. The lowest BCUT2D eigenvalue weighted by molar-refractivity contribution is -0.139. The van der Waals surface area contributed by atoms with Crippen LogP contribution in [-0.4, -0.2) is 41.0 Å².